The van der Waals surface area contributed by atoms with Crippen LogP contribution < -0.4 is 5.32 Å². The van der Waals surface area contributed by atoms with E-state index in [4.69, 9.17) is 0 Å². The van der Waals surface area contributed by atoms with Crippen molar-refractivity contribution >= 4 is 15.9 Å². The van der Waals surface area contributed by atoms with Gasteiger partial charge in [0.2, 0.25) is 15.9 Å². The van der Waals surface area contributed by atoms with Crippen molar-refractivity contribution in [2.24, 2.45) is 0 Å². The number of hydrogen-bond donors (Lipinski definition) is 1. The number of piperazine rings is 1. The van der Waals surface area contributed by atoms with Gasteiger partial charge in [-0.05, 0) is 57.0 Å². The van der Waals surface area contributed by atoms with Gasteiger partial charge in [-0.3, -0.25) is 4.79 Å². The number of carbonyl (C=O) groups is 1. The van der Waals surface area contributed by atoms with Crippen molar-refractivity contribution in [3.8, 4) is 5.69 Å². The highest BCUT2D eigenvalue weighted by molar-refractivity contribution is 7.89. The zero-order valence-electron chi connectivity index (χ0n) is 18.1. The van der Waals surface area contributed by atoms with Crippen LogP contribution in [0.25, 0.3) is 5.69 Å². The van der Waals surface area contributed by atoms with Gasteiger partial charge in [-0.2, -0.15) is 9.40 Å². The first kappa shape index (κ1) is 21.3. The molecule has 3 aromatic rings. The summed E-state index contributed by atoms with van der Waals surface area (Å²) in [5.74, 6) is -0.334. The van der Waals surface area contributed by atoms with E-state index in [0.717, 1.165) is 16.9 Å². The third-order valence-electron chi connectivity index (χ3n) is 5.72. The number of nitrogens with zero attached hydrogens (tertiary/aromatic N) is 3. The van der Waals surface area contributed by atoms with E-state index in [2.05, 4.69) is 10.4 Å². The average molecular weight is 439 g/mol. The Kier molecular flexibility index (Phi) is 5.45. The first-order valence-electron chi connectivity index (χ1n) is 10.2. The van der Waals surface area contributed by atoms with Gasteiger partial charge in [0.25, 0.3) is 0 Å². The lowest BCUT2D eigenvalue weighted by molar-refractivity contribution is -0.127. The average Bonchev–Trinajstić information content (AvgIpc) is 3.04. The molecule has 2 aromatic carbocycles. The van der Waals surface area contributed by atoms with Crippen LogP contribution in [0, 0.1) is 27.7 Å². The second-order valence-electron chi connectivity index (χ2n) is 7.91. The highest BCUT2D eigenvalue weighted by Gasteiger charge is 2.42. The van der Waals surface area contributed by atoms with Crippen LogP contribution in [0.1, 0.15) is 34.1 Å². The number of sulfonamides is 1. The van der Waals surface area contributed by atoms with Crippen molar-refractivity contribution in [2.75, 3.05) is 13.1 Å². The van der Waals surface area contributed by atoms with Crippen LogP contribution in [0.3, 0.4) is 0 Å². The molecule has 1 N–H and O–H groups in total. The molecular weight excluding hydrogens is 412 g/mol. The van der Waals surface area contributed by atoms with Crippen molar-refractivity contribution in [3.05, 3.63) is 76.6 Å². The smallest absolute Gasteiger partial charge is 0.244 e. The highest BCUT2D eigenvalue weighted by atomic mass is 32.2. The maximum Gasteiger partial charge on any atom is 0.244 e. The summed E-state index contributed by atoms with van der Waals surface area (Å²) in [4.78, 5) is 13.3. The molecule has 0 aliphatic carbocycles. The molecule has 1 saturated heterocycles. The van der Waals surface area contributed by atoms with Crippen molar-refractivity contribution in [3.63, 3.8) is 0 Å². The van der Waals surface area contributed by atoms with Gasteiger partial charge in [0.05, 0.1) is 16.3 Å². The second-order valence-corrected chi connectivity index (χ2v) is 9.77. The summed E-state index contributed by atoms with van der Waals surface area (Å²) in [6.45, 7) is 7.78. The first-order chi connectivity index (χ1) is 14.7. The van der Waals surface area contributed by atoms with Crippen LogP contribution in [0.5, 0.6) is 0 Å². The zero-order valence-corrected chi connectivity index (χ0v) is 18.9. The number of carbonyl (C=O) groups excluding carboxylic acids is 1. The number of benzene rings is 2. The fraction of sp³-hybridized carbons (Fsp3) is 0.304. The van der Waals surface area contributed by atoms with Crippen molar-refractivity contribution in [2.45, 2.75) is 38.6 Å². The van der Waals surface area contributed by atoms with Gasteiger partial charge in [-0.15, -0.1) is 0 Å². The van der Waals surface area contributed by atoms with Crippen molar-refractivity contribution in [1.29, 1.82) is 0 Å². The number of amides is 1. The van der Waals surface area contributed by atoms with Gasteiger partial charge in [0.15, 0.2) is 0 Å². The van der Waals surface area contributed by atoms with Gasteiger partial charge in [0, 0.05) is 24.3 Å². The molecule has 1 aliphatic heterocycles. The normalized spacial score (nSPS) is 17.5. The van der Waals surface area contributed by atoms with E-state index in [1.165, 1.54) is 4.31 Å². The predicted octanol–water partition coefficient (Wildman–Crippen LogP) is 2.97. The zero-order chi connectivity index (χ0) is 22.3. The molecular formula is C23H26N4O3S. The maximum absolute atomic E-state index is 13.7. The number of rotatable bonds is 4. The number of para-hydroxylation sites is 1. The lowest BCUT2D eigenvalue weighted by atomic mass is 10.0. The Labute approximate surface area is 182 Å². The van der Waals surface area contributed by atoms with E-state index >= 15 is 0 Å². The highest BCUT2D eigenvalue weighted by Crippen LogP contribution is 2.35. The Morgan fingerprint density at radius 1 is 1.03 bits per heavy atom. The van der Waals surface area contributed by atoms with Crippen LogP contribution in [0.4, 0.5) is 0 Å². The summed E-state index contributed by atoms with van der Waals surface area (Å²) >= 11 is 0. The third kappa shape index (κ3) is 3.66. The summed E-state index contributed by atoms with van der Waals surface area (Å²) in [5, 5.41) is 7.46. The Balaban J connectivity index is 1.86. The minimum Gasteiger partial charge on any atom is -0.353 e. The summed E-state index contributed by atoms with van der Waals surface area (Å²) in [7, 11) is -3.90. The lowest BCUT2D eigenvalue weighted by Gasteiger charge is -2.34. The maximum atomic E-state index is 13.7. The second kappa shape index (κ2) is 7.94. The number of aryl methyl sites for hydroxylation is 3. The molecule has 1 aliphatic rings. The van der Waals surface area contributed by atoms with Gasteiger partial charge in [-0.1, -0.05) is 30.3 Å². The number of hydrogen-bond acceptors (Lipinski definition) is 4. The predicted molar refractivity (Wildman–Crippen MR) is 119 cm³/mol. The van der Waals surface area contributed by atoms with Gasteiger partial charge in [0.1, 0.15) is 6.04 Å². The van der Waals surface area contributed by atoms with Crippen LogP contribution in [-0.2, 0) is 14.8 Å². The van der Waals surface area contributed by atoms with E-state index in [1.807, 2.05) is 57.2 Å². The fourth-order valence-corrected chi connectivity index (χ4v) is 6.04. The van der Waals surface area contributed by atoms with Crippen LogP contribution in [0.2, 0.25) is 0 Å². The van der Waals surface area contributed by atoms with Gasteiger partial charge in [-0.25, -0.2) is 13.1 Å². The molecule has 1 fully saturated rings. The first-order valence-corrected chi connectivity index (χ1v) is 11.6. The van der Waals surface area contributed by atoms with E-state index < -0.39 is 16.1 Å². The molecule has 4 rings (SSSR count). The molecule has 31 heavy (non-hydrogen) atoms. The van der Waals surface area contributed by atoms with Crippen LogP contribution in [0.15, 0.2) is 53.4 Å². The molecule has 7 nitrogen and oxygen atoms in total. The molecule has 162 valence electrons. The summed E-state index contributed by atoms with van der Waals surface area (Å²) in [6.07, 6.45) is 0. The Bertz CT molecular complexity index is 1250. The molecule has 1 aromatic heterocycles. The van der Waals surface area contributed by atoms with E-state index in [9.17, 15) is 13.2 Å². The summed E-state index contributed by atoms with van der Waals surface area (Å²) < 4.78 is 30.5. The Morgan fingerprint density at radius 2 is 1.74 bits per heavy atom. The monoisotopic (exact) mass is 438 g/mol. The van der Waals surface area contributed by atoms with Crippen LogP contribution >= 0.6 is 0 Å². The molecule has 2 heterocycles. The van der Waals surface area contributed by atoms with Gasteiger partial charge < -0.3 is 5.32 Å². The van der Waals surface area contributed by atoms with Crippen LogP contribution in [-0.4, -0.2) is 41.5 Å². The number of aromatic nitrogens is 2. The number of nitrogens with one attached hydrogen (secondary N) is 1. The molecule has 1 unspecified atom stereocenters. The van der Waals surface area contributed by atoms with E-state index in [1.54, 1.807) is 23.7 Å². The van der Waals surface area contributed by atoms with Crippen molar-refractivity contribution in [1.82, 2.24) is 19.4 Å². The lowest BCUT2D eigenvalue weighted by Crippen LogP contribution is -2.52. The third-order valence-corrected chi connectivity index (χ3v) is 7.73. The molecule has 1 amide bonds. The Morgan fingerprint density at radius 3 is 2.45 bits per heavy atom. The minimum absolute atomic E-state index is 0.196. The molecule has 0 spiro atoms. The largest absolute Gasteiger partial charge is 0.353 e. The molecule has 8 heteroatoms. The molecule has 0 bridgehead atoms. The summed E-state index contributed by atoms with van der Waals surface area (Å²) in [6, 6.07) is 14.0. The van der Waals surface area contributed by atoms with E-state index in [-0.39, 0.29) is 23.9 Å². The Hall–Kier alpha value is -2.97. The molecule has 0 saturated carbocycles. The standard InChI is InChI=1S/C23H26N4O3S/c1-15-10-11-16(2)20(14-15)31(29,30)26-13-12-24-23(28)22(26)21-17(3)25-27(18(21)4)19-8-6-5-7-9-19/h5-11,14,22H,12-13H2,1-4H3,(H,24,28). The minimum atomic E-state index is -3.90. The molecule has 1 atom stereocenters. The summed E-state index contributed by atoms with van der Waals surface area (Å²) in [5.41, 5.74) is 4.36. The fourth-order valence-electron chi connectivity index (χ4n) is 4.16. The topological polar surface area (TPSA) is 84.3 Å². The quantitative estimate of drug-likeness (QED) is 0.679. The van der Waals surface area contributed by atoms with Crippen molar-refractivity contribution < 1.29 is 13.2 Å². The SMILES string of the molecule is Cc1ccc(C)c(S(=O)(=O)N2CCNC(=O)C2c2c(C)nn(-c3ccccc3)c2C)c1. The van der Waals surface area contributed by atoms with E-state index in [0.29, 0.717) is 16.8 Å². The molecule has 0 radical (unpaired) electrons. The van der Waals surface area contributed by atoms with Gasteiger partial charge >= 0.3 is 0 Å².